The third-order valence-electron chi connectivity index (χ3n) is 7.56. The molecule has 4 fully saturated rings. The Bertz CT molecular complexity index is 1090. The highest BCUT2D eigenvalue weighted by molar-refractivity contribution is 7.21. The van der Waals surface area contributed by atoms with Gasteiger partial charge < -0.3 is 11.1 Å². The van der Waals surface area contributed by atoms with Gasteiger partial charge in [-0.1, -0.05) is 6.07 Å². The second-order valence-electron chi connectivity index (χ2n) is 9.64. The quantitative estimate of drug-likeness (QED) is 0.645. The van der Waals surface area contributed by atoms with Crippen molar-refractivity contribution in [2.45, 2.75) is 50.5 Å². The molecule has 0 atom stereocenters. The minimum Gasteiger partial charge on any atom is -0.397 e. The van der Waals surface area contributed by atoms with Gasteiger partial charge in [0, 0.05) is 35.4 Å². The Balaban J connectivity index is 1.29. The number of nitrogen functional groups attached to an aromatic ring is 1. The van der Waals surface area contributed by atoms with Gasteiger partial charge in [-0.05, 0) is 80.0 Å². The van der Waals surface area contributed by atoms with Crippen molar-refractivity contribution in [1.29, 1.82) is 0 Å². The van der Waals surface area contributed by atoms with E-state index in [1.807, 2.05) is 12.1 Å². The number of nitrogens with two attached hydrogens (primary N) is 1. The SMILES string of the molecule is Nc1c(C(=O)NCc2cccnc2)sc2nc(C34CC5CC(CC(C5)C3)C4)ccc12. The van der Waals surface area contributed by atoms with Crippen molar-refractivity contribution in [3.63, 3.8) is 0 Å². The van der Waals surface area contributed by atoms with Crippen LogP contribution in [0.25, 0.3) is 10.2 Å². The summed E-state index contributed by atoms with van der Waals surface area (Å²) in [6, 6.07) is 8.10. The lowest BCUT2D eigenvalue weighted by Crippen LogP contribution is -2.48. The smallest absolute Gasteiger partial charge is 0.263 e. The predicted octanol–water partition coefficient (Wildman–Crippen LogP) is 4.67. The predicted molar refractivity (Wildman–Crippen MR) is 119 cm³/mol. The number of hydrogen-bond acceptors (Lipinski definition) is 5. The number of nitrogens with one attached hydrogen (secondary N) is 1. The molecule has 0 aliphatic heterocycles. The first kappa shape index (κ1) is 18.3. The summed E-state index contributed by atoms with van der Waals surface area (Å²) in [4.78, 5) is 23.4. The Morgan fingerprint density at radius 3 is 2.53 bits per heavy atom. The van der Waals surface area contributed by atoms with E-state index in [1.54, 1.807) is 12.4 Å². The largest absolute Gasteiger partial charge is 0.397 e. The summed E-state index contributed by atoms with van der Waals surface area (Å²) in [5, 5.41) is 3.87. The maximum absolute atomic E-state index is 12.8. The number of hydrogen-bond donors (Lipinski definition) is 2. The zero-order valence-electron chi connectivity index (χ0n) is 16.9. The fourth-order valence-electron chi connectivity index (χ4n) is 6.65. The van der Waals surface area contributed by atoms with Gasteiger partial charge >= 0.3 is 0 Å². The van der Waals surface area contributed by atoms with Gasteiger partial charge in [-0.2, -0.15) is 0 Å². The van der Waals surface area contributed by atoms with Crippen LogP contribution in [-0.2, 0) is 12.0 Å². The monoisotopic (exact) mass is 418 g/mol. The highest BCUT2D eigenvalue weighted by Gasteiger charge is 2.52. The Morgan fingerprint density at radius 2 is 1.87 bits per heavy atom. The van der Waals surface area contributed by atoms with Gasteiger partial charge in [0.2, 0.25) is 0 Å². The molecule has 154 valence electrons. The molecule has 4 aliphatic rings. The molecule has 0 saturated heterocycles. The fraction of sp³-hybridized carbons (Fsp3) is 0.458. The maximum Gasteiger partial charge on any atom is 0.263 e. The minimum atomic E-state index is -0.143. The van der Waals surface area contributed by atoms with Gasteiger partial charge in [0.15, 0.2) is 0 Å². The Morgan fingerprint density at radius 1 is 1.13 bits per heavy atom. The van der Waals surface area contributed by atoms with E-state index in [9.17, 15) is 4.79 Å². The summed E-state index contributed by atoms with van der Waals surface area (Å²) < 4.78 is 0. The van der Waals surface area contributed by atoms with Crippen LogP contribution in [0, 0.1) is 17.8 Å². The molecule has 3 aromatic heterocycles. The maximum atomic E-state index is 12.8. The van der Waals surface area contributed by atoms with E-state index in [2.05, 4.69) is 22.4 Å². The standard InChI is InChI=1S/C24H26N4OS/c25-20-18-3-4-19(24-9-15-6-16(10-24)8-17(7-15)11-24)28-23(18)30-21(20)22(29)27-13-14-2-1-5-26-12-14/h1-5,12,15-17H,6-11,13,25H2,(H,27,29). The van der Waals surface area contributed by atoms with Crippen molar-refractivity contribution in [1.82, 2.24) is 15.3 Å². The number of aromatic nitrogens is 2. The van der Waals surface area contributed by atoms with E-state index < -0.39 is 0 Å². The van der Waals surface area contributed by atoms with Crippen LogP contribution in [0.15, 0.2) is 36.7 Å². The van der Waals surface area contributed by atoms with Gasteiger partial charge in [0.25, 0.3) is 5.91 Å². The molecule has 0 radical (unpaired) electrons. The van der Waals surface area contributed by atoms with Crippen LogP contribution in [0.3, 0.4) is 0 Å². The van der Waals surface area contributed by atoms with E-state index in [0.29, 0.717) is 17.1 Å². The van der Waals surface area contributed by atoms with Crippen molar-refractivity contribution in [3.8, 4) is 0 Å². The molecule has 3 heterocycles. The van der Waals surface area contributed by atoms with Crippen LogP contribution in [0.1, 0.15) is 59.5 Å². The van der Waals surface area contributed by atoms with Gasteiger partial charge in [0.05, 0.1) is 5.69 Å². The Hall–Kier alpha value is -2.47. The molecule has 0 unspecified atom stereocenters. The van der Waals surface area contributed by atoms with E-state index in [4.69, 9.17) is 10.7 Å². The van der Waals surface area contributed by atoms with Gasteiger partial charge in [-0.3, -0.25) is 9.78 Å². The number of thiophene rings is 1. The number of nitrogens with zero attached hydrogens (tertiary/aromatic N) is 2. The summed E-state index contributed by atoms with van der Waals surface area (Å²) in [6.07, 6.45) is 11.6. The summed E-state index contributed by atoms with van der Waals surface area (Å²) in [5.41, 5.74) is 9.36. The van der Waals surface area contributed by atoms with Crippen molar-refractivity contribution < 1.29 is 4.79 Å². The number of fused-ring (bicyclic) bond motifs is 1. The van der Waals surface area contributed by atoms with Crippen LogP contribution in [0.4, 0.5) is 5.69 Å². The summed E-state index contributed by atoms with van der Waals surface area (Å²) >= 11 is 1.42. The lowest BCUT2D eigenvalue weighted by molar-refractivity contribution is -0.00704. The average Bonchev–Trinajstić information content (AvgIpc) is 3.08. The molecule has 3 N–H and O–H groups in total. The number of amides is 1. The first-order valence-corrected chi connectivity index (χ1v) is 11.8. The molecule has 5 nitrogen and oxygen atoms in total. The second kappa shape index (κ2) is 6.77. The minimum absolute atomic E-state index is 0.143. The van der Waals surface area contributed by atoms with Crippen LogP contribution in [-0.4, -0.2) is 15.9 Å². The fourth-order valence-corrected chi connectivity index (χ4v) is 7.66. The molecule has 0 aromatic carbocycles. The molecule has 0 spiro atoms. The zero-order valence-corrected chi connectivity index (χ0v) is 17.8. The Labute approximate surface area is 180 Å². The van der Waals surface area contributed by atoms with Crippen LogP contribution in [0.2, 0.25) is 0 Å². The lowest BCUT2D eigenvalue weighted by Gasteiger charge is -2.56. The first-order valence-electron chi connectivity index (χ1n) is 11.0. The third-order valence-corrected chi connectivity index (χ3v) is 8.67. The van der Waals surface area contributed by atoms with Crippen LogP contribution < -0.4 is 11.1 Å². The highest BCUT2D eigenvalue weighted by Crippen LogP contribution is 2.60. The van der Waals surface area contributed by atoms with E-state index in [0.717, 1.165) is 33.5 Å². The number of carbonyl (C=O) groups is 1. The van der Waals surface area contributed by atoms with Gasteiger partial charge in [0.1, 0.15) is 9.71 Å². The van der Waals surface area contributed by atoms with E-state index in [-0.39, 0.29) is 11.3 Å². The van der Waals surface area contributed by atoms with Crippen LogP contribution >= 0.6 is 11.3 Å². The topological polar surface area (TPSA) is 80.9 Å². The molecule has 4 saturated carbocycles. The first-order chi connectivity index (χ1) is 14.6. The van der Waals surface area contributed by atoms with Crippen molar-refractivity contribution in [3.05, 3.63) is 52.8 Å². The molecular formula is C24H26N4OS. The number of anilines is 1. The third kappa shape index (κ3) is 2.92. The Kier molecular flexibility index (Phi) is 4.13. The number of rotatable bonds is 4. The molecular weight excluding hydrogens is 392 g/mol. The van der Waals surface area contributed by atoms with Crippen molar-refractivity contribution in [2.24, 2.45) is 17.8 Å². The normalized spacial score (nSPS) is 29.4. The summed E-state index contributed by atoms with van der Waals surface area (Å²) in [6.45, 7) is 0.437. The molecule has 3 aromatic rings. The molecule has 30 heavy (non-hydrogen) atoms. The number of carbonyl (C=O) groups excluding carboxylic acids is 1. The average molecular weight is 419 g/mol. The second-order valence-corrected chi connectivity index (χ2v) is 10.6. The van der Waals surface area contributed by atoms with Crippen molar-refractivity contribution in [2.75, 3.05) is 5.73 Å². The van der Waals surface area contributed by atoms with E-state index >= 15 is 0 Å². The van der Waals surface area contributed by atoms with E-state index in [1.165, 1.54) is 55.6 Å². The molecule has 7 rings (SSSR count). The molecule has 4 bridgehead atoms. The zero-order chi connectivity index (χ0) is 20.3. The summed E-state index contributed by atoms with van der Waals surface area (Å²) in [5.74, 6) is 2.51. The highest BCUT2D eigenvalue weighted by atomic mass is 32.1. The van der Waals surface area contributed by atoms with Gasteiger partial charge in [-0.15, -0.1) is 11.3 Å². The lowest BCUT2D eigenvalue weighted by atomic mass is 9.49. The summed E-state index contributed by atoms with van der Waals surface area (Å²) in [7, 11) is 0. The molecule has 6 heteroatoms. The van der Waals surface area contributed by atoms with Crippen molar-refractivity contribution >= 4 is 33.1 Å². The number of pyridine rings is 2. The molecule has 1 amide bonds. The van der Waals surface area contributed by atoms with Crippen LogP contribution in [0.5, 0.6) is 0 Å². The van der Waals surface area contributed by atoms with Gasteiger partial charge in [-0.25, -0.2) is 4.98 Å². The molecule has 4 aliphatic carbocycles.